The molecule has 0 aliphatic carbocycles. The van der Waals surface area contributed by atoms with Crippen LogP contribution in [-0.2, 0) is 0 Å². The zero-order valence-electron chi connectivity index (χ0n) is 10.5. The van der Waals surface area contributed by atoms with Crippen molar-refractivity contribution in [2.24, 2.45) is 0 Å². The highest BCUT2D eigenvalue weighted by molar-refractivity contribution is 9.10. The highest BCUT2D eigenvalue weighted by atomic mass is 79.9. The number of halogens is 3. The van der Waals surface area contributed by atoms with Crippen LogP contribution >= 0.6 is 43.5 Å². The van der Waals surface area contributed by atoms with E-state index >= 15 is 0 Å². The van der Waals surface area contributed by atoms with Gasteiger partial charge in [-0.3, -0.25) is 4.79 Å². The van der Waals surface area contributed by atoms with Crippen LogP contribution in [-0.4, -0.2) is 5.91 Å². The zero-order valence-corrected chi connectivity index (χ0v) is 14.4. The maximum Gasteiger partial charge on any atom is 0.256 e. The van der Waals surface area contributed by atoms with Gasteiger partial charge in [0.05, 0.1) is 10.7 Å². The lowest BCUT2D eigenvalue weighted by atomic mass is 10.1. The molecule has 1 amide bonds. The highest BCUT2D eigenvalue weighted by Gasteiger charge is 2.14. The number of hydrogen-bond donors (Lipinski definition) is 2. The number of amides is 1. The molecule has 0 aliphatic rings. The molecule has 0 fully saturated rings. The quantitative estimate of drug-likeness (QED) is 0.674. The van der Waals surface area contributed by atoms with Crippen LogP contribution in [0.15, 0.2) is 39.3 Å². The van der Waals surface area contributed by atoms with Crippen LogP contribution in [0.4, 0.5) is 11.4 Å². The third-order valence-electron chi connectivity index (χ3n) is 2.84. The predicted octanol–water partition coefficient (Wildman–Crippen LogP) is 5.01. The Labute approximate surface area is 138 Å². The minimum absolute atomic E-state index is 0.250. The fourth-order valence-corrected chi connectivity index (χ4v) is 2.91. The Balaban J connectivity index is 2.33. The first kappa shape index (κ1) is 15.4. The number of nitrogen functional groups attached to an aromatic ring is 1. The third kappa shape index (κ3) is 3.34. The summed E-state index contributed by atoms with van der Waals surface area (Å²) in [7, 11) is 0. The summed E-state index contributed by atoms with van der Waals surface area (Å²) in [6.07, 6.45) is 0. The number of nitrogens with one attached hydrogen (secondary N) is 1. The fraction of sp³-hybridized carbons (Fsp3) is 0.0714. The van der Waals surface area contributed by atoms with E-state index in [0.717, 1.165) is 14.5 Å². The first-order valence-corrected chi connectivity index (χ1v) is 7.67. The van der Waals surface area contributed by atoms with Crippen molar-refractivity contribution >= 4 is 60.7 Å². The molecule has 0 saturated carbocycles. The molecule has 3 nitrogen and oxygen atoms in total. The first-order chi connectivity index (χ1) is 9.38. The Morgan fingerprint density at radius 1 is 1.20 bits per heavy atom. The number of carbonyl (C=O) groups is 1. The number of nitrogens with two attached hydrogens (primary N) is 1. The summed E-state index contributed by atoms with van der Waals surface area (Å²) in [6.45, 7) is 1.81. The van der Waals surface area contributed by atoms with Gasteiger partial charge >= 0.3 is 0 Å². The molecular weight excluding hydrogens is 407 g/mol. The lowest BCUT2D eigenvalue weighted by Crippen LogP contribution is -2.14. The van der Waals surface area contributed by atoms with E-state index in [1.807, 2.05) is 6.07 Å². The van der Waals surface area contributed by atoms with Crippen molar-refractivity contribution in [1.82, 2.24) is 0 Å². The van der Waals surface area contributed by atoms with Crippen LogP contribution in [0, 0.1) is 6.92 Å². The van der Waals surface area contributed by atoms with Crippen LogP contribution < -0.4 is 11.1 Å². The van der Waals surface area contributed by atoms with Gasteiger partial charge in [0.2, 0.25) is 0 Å². The van der Waals surface area contributed by atoms with Crippen molar-refractivity contribution in [1.29, 1.82) is 0 Å². The summed E-state index contributed by atoms with van der Waals surface area (Å²) < 4.78 is 1.61. The summed E-state index contributed by atoms with van der Waals surface area (Å²) in [5.41, 5.74) is 8.22. The number of benzene rings is 2. The number of rotatable bonds is 2. The first-order valence-electron chi connectivity index (χ1n) is 5.70. The summed E-state index contributed by atoms with van der Waals surface area (Å²) in [5, 5.41) is 3.25. The molecule has 0 saturated heterocycles. The highest BCUT2D eigenvalue weighted by Crippen LogP contribution is 2.28. The second-order valence-electron chi connectivity index (χ2n) is 4.25. The predicted molar refractivity (Wildman–Crippen MR) is 90.4 cm³/mol. The molecule has 2 aromatic rings. The van der Waals surface area contributed by atoms with E-state index in [2.05, 4.69) is 37.2 Å². The molecule has 0 aromatic heterocycles. The topological polar surface area (TPSA) is 55.1 Å². The van der Waals surface area contributed by atoms with Crippen LogP contribution in [0.3, 0.4) is 0 Å². The van der Waals surface area contributed by atoms with E-state index in [1.54, 1.807) is 31.2 Å². The molecule has 0 heterocycles. The lowest BCUT2D eigenvalue weighted by molar-refractivity contribution is 0.102. The van der Waals surface area contributed by atoms with E-state index in [4.69, 9.17) is 17.3 Å². The standard InChI is InChI=1S/C14H11Br2ClN2O/c1-7-10(4-9(16)6-12(7)18)14(20)19-13-3-2-8(15)5-11(13)17/h2-6H,18H2,1H3,(H,19,20). The number of carbonyl (C=O) groups excluding carboxylic acids is 1. The monoisotopic (exact) mass is 416 g/mol. The smallest absolute Gasteiger partial charge is 0.256 e. The molecule has 3 N–H and O–H groups in total. The molecule has 0 spiro atoms. The van der Waals surface area contributed by atoms with Crippen LogP contribution in [0.2, 0.25) is 5.02 Å². The molecule has 6 heteroatoms. The van der Waals surface area contributed by atoms with Crippen molar-refractivity contribution < 1.29 is 4.79 Å². The average Bonchev–Trinajstić information content (AvgIpc) is 2.37. The molecule has 20 heavy (non-hydrogen) atoms. The van der Waals surface area contributed by atoms with Gasteiger partial charge in [-0.25, -0.2) is 0 Å². The second kappa shape index (κ2) is 6.16. The van der Waals surface area contributed by atoms with Gasteiger partial charge in [-0.2, -0.15) is 0 Å². The van der Waals surface area contributed by atoms with E-state index in [0.29, 0.717) is 22.0 Å². The van der Waals surface area contributed by atoms with Crippen molar-refractivity contribution in [3.63, 3.8) is 0 Å². The van der Waals surface area contributed by atoms with E-state index in [9.17, 15) is 4.79 Å². The van der Waals surface area contributed by atoms with Crippen molar-refractivity contribution in [3.8, 4) is 0 Å². The van der Waals surface area contributed by atoms with Gasteiger partial charge in [0.15, 0.2) is 0 Å². The molecule has 2 aromatic carbocycles. The average molecular weight is 419 g/mol. The molecule has 0 bridgehead atoms. The minimum atomic E-state index is -0.250. The van der Waals surface area contributed by atoms with Gasteiger partial charge in [-0.15, -0.1) is 0 Å². The SMILES string of the molecule is Cc1c(N)cc(Br)cc1C(=O)Nc1ccc(Br)cc1Cl. The van der Waals surface area contributed by atoms with Gasteiger partial charge < -0.3 is 11.1 Å². The Kier molecular flexibility index (Phi) is 4.73. The maximum absolute atomic E-state index is 12.3. The maximum atomic E-state index is 12.3. The van der Waals surface area contributed by atoms with Gasteiger partial charge in [-0.1, -0.05) is 43.5 Å². The lowest BCUT2D eigenvalue weighted by Gasteiger charge is -2.11. The number of anilines is 2. The van der Waals surface area contributed by atoms with Crippen LogP contribution in [0.25, 0.3) is 0 Å². The van der Waals surface area contributed by atoms with Gasteiger partial charge in [0, 0.05) is 20.2 Å². The van der Waals surface area contributed by atoms with Crippen molar-refractivity contribution in [2.45, 2.75) is 6.92 Å². The third-order valence-corrected chi connectivity index (χ3v) is 4.10. The minimum Gasteiger partial charge on any atom is -0.398 e. The van der Waals surface area contributed by atoms with Gasteiger partial charge in [0.1, 0.15) is 0 Å². The van der Waals surface area contributed by atoms with Crippen molar-refractivity contribution in [3.05, 3.63) is 55.4 Å². The molecule has 0 radical (unpaired) electrons. The fourth-order valence-electron chi connectivity index (χ4n) is 1.72. The Morgan fingerprint density at radius 3 is 2.55 bits per heavy atom. The van der Waals surface area contributed by atoms with E-state index in [-0.39, 0.29) is 5.91 Å². The Bertz CT molecular complexity index is 689. The molecule has 0 unspecified atom stereocenters. The summed E-state index contributed by atoms with van der Waals surface area (Å²) in [5.74, 6) is -0.250. The largest absolute Gasteiger partial charge is 0.398 e. The Hall–Kier alpha value is -1.04. The Morgan fingerprint density at radius 2 is 1.90 bits per heavy atom. The van der Waals surface area contributed by atoms with E-state index in [1.165, 1.54) is 0 Å². The summed E-state index contributed by atoms with van der Waals surface area (Å²) >= 11 is 12.7. The number of hydrogen-bond acceptors (Lipinski definition) is 2. The summed E-state index contributed by atoms with van der Waals surface area (Å²) in [6, 6.07) is 8.76. The normalized spacial score (nSPS) is 10.4. The molecular formula is C14H11Br2ClN2O. The van der Waals surface area contributed by atoms with E-state index < -0.39 is 0 Å². The molecule has 0 aliphatic heterocycles. The van der Waals surface area contributed by atoms with Crippen LogP contribution in [0.1, 0.15) is 15.9 Å². The van der Waals surface area contributed by atoms with Crippen molar-refractivity contribution in [2.75, 3.05) is 11.1 Å². The zero-order chi connectivity index (χ0) is 14.9. The van der Waals surface area contributed by atoms with Crippen LogP contribution in [0.5, 0.6) is 0 Å². The summed E-state index contributed by atoms with van der Waals surface area (Å²) in [4.78, 5) is 12.3. The second-order valence-corrected chi connectivity index (χ2v) is 6.48. The molecule has 2 rings (SSSR count). The van der Waals surface area contributed by atoms with Gasteiger partial charge in [0.25, 0.3) is 5.91 Å². The molecule has 104 valence electrons. The molecule has 0 atom stereocenters. The van der Waals surface area contributed by atoms with Gasteiger partial charge in [-0.05, 0) is 42.8 Å².